The fourth-order valence-electron chi connectivity index (χ4n) is 2.53. The summed E-state index contributed by atoms with van der Waals surface area (Å²) < 4.78 is 10.6. The standard InChI is InChI=1S/C17H11ClN2O3S/c18-11-2-4-12(5-3-11)20-16(21)13(19-17(20)24)7-10-1-6-14-15(8-10)23-9-22-14/h1-8H,9H2,(H,19,24)/b13-7+. The van der Waals surface area contributed by atoms with Crippen molar-refractivity contribution in [3.05, 3.63) is 58.7 Å². The van der Waals surface area contributed by atoms with Crippen molar-refractivity contribution in [1.29, 1.82) is 0 Å². The third kappa shape index (κ3) is 2.60. The highest BCUT2D eigenvalue weighted by atomic mass is 35.5. The third-order valence-electron chi connectivity index (χ3n) is 3.67. The number of amides is 1. The molecule has 0 unspecified atom stereocenters. The van der Waals surface area contributed by atoms with E-state index >= 15 is 0 Å². The van der Waals surface area contributed by atoms with E-state index in [2.05, 4.69) is 5.32 Å². The molecule has 2 heterocycles. The third-order valence-corrected chi connectivity index (χ3v) is 4.21. The Kier molecular flexibility index (Phi) is 3.63. The van der Waals surface area contributed by atoms with Crippen LogP contribution >= 0.6 is 23.8 Å². The molecule has 7 heteroatoms. The number of carbonyl (C=O) groups excluding carboxylic acids is 1. The molecular weight excluding hydrogens is 348 g/mol. The van der Waals surface area contributed by atoms with E-state index in [0.717, 1.165) is 5.56 Å². The lowest BCUT2D eigenvalue weighted by Gasteiger charge is -2.13. The predicted octanol–water partition coefficient (Wildman–Crippen LogP) is 3.33. The molecule has 24 heavy (non-hydrogen) atoms. The Morgan fingerprint density at radius 2 is 1.88 bits per heavy atom. The summed E-state index contributed by atoms with van der Waals surface area (Å²) >= 11 is 11.2. The van der Waals surface area contributed by atoms with Gasteiger partial charge in [-0.15, -0.1) is 0 Å². The lowest BCUT2D eigenvalue weighted by molar-refractivity contribution is -0.113. The number of carbonyl (C=O) groups is 1. The average Bonchev–Trinajstić information content (AvgIpc) is 3.13. The summed E-state index contributed by atoms with van der Waals surface area (Å²) in [4.78, 5) is 14.1. The molecule has 1 amide bonds. The van der Waals surface area contributed by atoms with E-state index in [1.807, 2.05) is 18.2 Å². The molecule has 1 N–H and O–H groups in total. The first-order valence-electron chi connectivity index (χ1n) is 7.14. The largest absolute Gasteiger partial charge is 0.454 e. The van der Waals surface area contributed by atoms with Crippen LogP contribution in [-0.4, -0.2) is 17.8 Å². The van der Waals surface area contributed by atoms with Gasteiger partial charge >= 0.3 is 0 Å². The van der Waals surface area contributed by atoms with Gasteiger partial charge in [0.1, 0.15) is 5.70 Å². The number of rotatable bonds is 2. The number of nitrogens with one attached hydrogen (secondary N) is 1. The Morgan fingerprint density at radius 1 is 1.12 bits per heavy atom. The van der Waals surface area contributed by atoms with Gasteiger partial charge in [0, 0.05) is 5.02 Å². The monoisotopic (exact) mass is 358 g/mol. The van der Waals surface area contributed by atoms with Crippen molar-refractivity contribution in [3.63, 3.8) is 0 Å². The van der Waals surface area contributed by atoms with Crippen molar-refractivity contribution >= 4 is 46.6 Å². The van der Waals surface area contributed by atoms with E-state index in [1.165, 1.54) is 4.90 Å². The molecule has 0 atom stereocenters. The van der Waals surface area contributed by atoms with Crippen LogP contribution in [0, 0.1) is 0 Å². The number of hydrogen-bond acceptors (Lipinski definition) is 4. The number of halogens is 1. The second-order valence-corrected chi connectivity index (χ2v) is 6.04. The van der Waals surface area contributed by atoms with Gasteiger partial charge in [-0.25, -0.2) is 0 Å². The SMILES string of the molecule is O=C1/C(=C\c2ccc3c(c2)OCO3)NC(=S)N1c1ccc(Cl)cc1. The van der Waals surface area contributed by atoms with Gasteiger partial charge in [0.05, 0.1) is 5.69 Å². The van der Waals surface area contributed by atoms with Gasteiger partial charge in [0.2, 0.25) is 6.79 Å². The quantitative estimate of drug-likeness (QED) is 0.659. The molecule has 1 fully saturated rings. The molecule has 0 aromatic heterocycles. The van der Waals surface area contributed by atoms with Crippen LogP contribution < -0.4 is 19.7 Å². The Hall–Kier alpha value is -2.57. The minimum Gasteiger partial charge on any atom is -0.454 e. The van der Waals surface area contributed by atoms with Crippen LogP contribution in [0.15, 0.2) is 48.2 Å². The summed E-state index contributed by atoms with van der Waals surface area (Å²) in [7, 11) is 0. The van der Waals surface area contributed by atoms with Crippen LogP contribution in [-0.2, 0) is 4.79 Å². The van der Waals surface area contributed by atoms with Gasteiger partial charge in [0.25, 0.3) is 5.91 Å². The van der Waals surface area contributed by atoms with Crippen LogP contribution in [0.5, 0.6) is 11.5 Å². The summed E-state index contributed by atoms with van der Waals surface area (Å²) in [6.07, 6.45) is 1.73. The molecule has 120 valence electrons. The highest BCUT2D eigenvalue weighted by Crippen LogP contribution is 2.33. The lowest BCUT2D eigenvalue weighted by atomic mass is 10.1. The summed E-state index contributed by atoms with van der Waals surface area (Å²) in [5, 5.41) is 3.87. The van der Waals surface area contributed by atoms with E-state index < -0.39 is 0 Å². The maximum absolute atomic E-state index is 12.7. The van der Waals surface area contributed by atoms with Crippen molar-refractivity contribution in [3.8, 4) is 11.5 Å². The molecule has 4 rings (SSSR count). The van der Waals surface area contributed by atoms with E-state index in [9.17, 15) is 4.79 Å². The van der Waals surface area contributed by atoms with Gasteiger partial charge in [-0.3, -0.25) is 9.69 Å². The smallest absolute Gasteiger partial charge is 0.281 e. The second-order valence-electron chi connectivity index (χ2n) is 5.22. The normalized spacial score (nSPS) is 17.5. The first-order valence-corrected chi connectivity index (χ1v) is 7.93. The molecule has 0 bridgehead atoms. The first-order chi connectivity index (χ1) is 11.6. The van der Waals surface area contributed by atoms with Crippen LogP contribution in [0.2, 0.25) is 5.02 Å². The van der Waals surface area contributed by atoms with Crippen LogP contribution in [0.4, 0.5) is 5.69 Å². The maximum Gasteiger partial charge on any atom is 0.281 e. The van der Waals surface area contributed by atoms with Gasteiger partial charge in [-0.05, 0) is 60.3 Å². The van der Waals surface area contributed by atoms with Crippen molar-refractivity contribution in [2.45, 2.75) is 0 Å². The molecule has 0 aliphatic carbocycles. The molecule has 1 saturated heterocycles. The lowest BCUT2D eigenvalue weighted by Crippen LogP contribution is -2.30. The van der Waals surface area contributed by atoms with E-state index in [4.69, 9.17) is 33.3 Å². The Labute approximate surface area is 148 Å². The van der Waals surface area contributed by atoms with E-state index in [-0.39, 0.29) is 12.7 Å². The van der Waals surface area contributed by atoms with Gasteiger partial charge < -0.3 is 14.8 Å². The number of thiocarbonyl (C=S) groups is 1. The molecule has 2 aromatic carbocycles. The number of hydrogen-bond donors (Lipinski definition) is 1. The zero-order chi connectivity index (χ0) is 16.7. The summed E-state index contributed by atoms with van der Waals surface area (Å²) in [6.45, 7) is 0.209. The highest BCUT2D eigenvalue weighted by Gasteiger charge is 2.32. The zero-order valence-electron chi connectivity index (χ0n) is 12.3. The van der Waals surface area contributed by atoms with Crippen LogP contribution in [0.25, 0.3) is 6.08 Å². The molecule has 5 nitrogen and oxygen atoms in total. The van der Waals surface area contributed by atoms with Crippen LogP contribution in [0.3, 0.4) is 0 Å². The maximum atomic E-state index is 12.7. The van der Waals surface area contributed by atoms with Gasteiger partial charge in [-0.1, -0.05) is 17.7 Å². The molecule has 2 aliphatic heterocycles. The Bertz CT molecular complexity index is 880. The van der Waals surface area contributed by atoms with Crippen molar-refractivity contribution < 1.29 is 14.3 Å². The zero-order valence-corrected chi connectivity index (χ0v) is 13.9. The second kappa shape index (κ2) is 5.81. The summed E-state index contributed by atoms with van der Waals surface area (Å²) in [5.74, 6) is 1.13. The highest BCUT2D eigenvalue weighted by molar-refractivity contribution is 7.80. The molecule has 0 spiro atoms. The number of benzene rings is 2. The van der Waals surface area contributed by atoms with E-state index in [0.29, 0.717) is 33.0 Å². The molecule has 2 aliphatic rings. The predicted molar refractivity (Wildman–Crippen MR) is 95.2 cm³/mol. The average molecular weight is 359 g/mol. The van der Waals surface area contributed by atoms with Crippen molar-refractivity contribution in [1.82, 2.24) is 5.32 Å². The van der Waals surface area contributed by atoms with Gasteiger partial charge in [0.15, 0.2) is 16.6 Å². The number of nitrogens with zero attached hydrogens (tertiary/aromatic N) is 1. The first kappa shape index (κ1) is 15.0. The Morgan fingerprint density at radius 3 is 2.67 bits per heavy atom. The summed E-state index contributed by atoms with van der Waals surface area (Å²) in [5.41, 5.74) is 1.88. The van der Waals surface area contributed by atoms with Crippen molar-refractivity contribution in [2.24, 2.45) is 0 Å². The minimum atomic E-state index is -0.222. The molecule has 0 radical (unpaired) electrons. The summed E-state index contributed by atoms with van der Waals surface area (Å²) in [6, 6.07) is 12.4. The molecule has 0 saturated carbocycles. The minimum absolute atomic E-state index is 0.209. The number of fused-ring (bicyclic) bond motifs is 1. The number of anilines is 1. The topological polar surface area (TPSA) is 50.8 Å². The fourth-order valence-corrected chi connectivity index (χ4v) is 2.95. The molecule has 2 aromatic rings. The van der Waals surface area contributed by atoms with E-state index in [1.54, 1.807) is 30.3 Å². The van der Waals surface area contributed by atoms with Gasteiger partial charge in [-0.2, -0.15) is 0 Å². The fraction of sp³-hybridized carbons (Fsp3) is 0.0588. The van der Waals surface area contributed by atoms with Crippen LogP contribution in [0.1, 0.15) is 5.56 Å². The molecular formula is C17H11ClN2O3S. The van der Waals surface area contributed by atoms with Crippen molar-refractivity contribution in [2.75, 3.05) is 11.7 Å². The Balaban J connectivity index is 1.64. The number of ether oxygens (including phenoxy) is 2.